The molecule has 2 fully saturated rings. The van der Waals surface area contributed by atoms with Gasteiger partial charge >= 0.3 is 0 Å². The van der Waals surface area contributed by atoms with Crippen LogP contribution in [0.15, 0.2) is 0 Å². The fourth-order valence-corrected chi connectivity index (χ4v) is 1.78. The van der Waals surface area contributed by atoms with Crippen molar-refractivity contribution in [1.29, 1.82) is 0 Å². The first-order chi connectivity index (χ1) is 6.11. The maximum absolute atomic E-state index is 11.4. The normalized spacial score (nSPS) is 30.6. The smallest absolute Gasteiger partial charge is 0.233 e. The van der Waals surface area contributed by atoms with Gasteiger partial charge in [-0.25, -0.2) is 0 Å². The number of nitrogens with two attached hydrogens (primary N) is 1. The lowest BCUT2D eigenvalue weighted by Crippen LogP contribution is -2.35. The molecular formula is C8H10N2O2S. The Morgan fingerprint density at radius 3 is 2.46 bits per heavy atom. The van der Waals surface area contributed by atoms with Crippen LogP contribution in [0.1, 0.15) is 12.8 Å². The van der Waals surface area contributed by atoms with Crippen molar-refractivity contribution in [3.8, 4) is 0 Å². The third kappa shape index (κ3) is 1.33. The van der Waals surface area contributed by atoms with Crippen LogP contribution in [-0.4, -0.2) is 28.2 Å². The molecule has 0 bridgehead atoms. The molecule has 2 amide bonds. The lowest BCUT2D eigenvalue weighted by Gasteiger charge is -2.15. The van der Waals surface area contributed by atoms with E-state index in [9.17, 15) is 9.59 Å². The number of rotatable bonds is 3. The SMILES string of the molecule is NC(=S)CCN1C(=O)C2CC2C1=O. The van der Waals surface area contributed by atoms with Gasteiger partial charge in [-0.15, -0.1) is 0 Å². The second-order valence-electron chi connectivity index (χ2n) is 3.49. The van der Waals surface area contributed by atoms with Gasteiger partial charge in [-0.2, -0.15) is 0 Å². The van der Waals surface area contributed by atoms with E-state index >= 15 is 0 Å². The van der Waals surface area contributed by atoms with Crippen LogP contribution in [0.3, 0.4) is 0 Å². The summed E-state index contributed by atoms with van der Waals surface area (Å²) >= 11 is 4.68. The molecular weight excluding hydrogens is 188 g/mol. The van der Waals surface area contributed by atoms with Crippen molar-refractivity contribution in [1.82, 2.24) is 4.90 Å². The number of hydrogen-bond donors (Lipinski definition) is 1. The Labute approximate surface area is 81.1 Å². The van der Waals surface area contributed by atoms with Crippen molar-refractivity contribution in [3.63, 3.8) is 0 Å². The Kier molecular flexibility index (Phi) is 1.83. The van der Waals surface area contributed by atoms with Crippen molar-refractivity contribution >= 4 is 29.0 Å². The molecule has 1 aliphatic carbocycles. The predicted octanol–water partition coefficient (Wildman–Crippen LogP) is -0.333. The fraction of sp³-hybridized carbons (Fsp3) is 0.625. The van der Waals surface area contributed by atoms with Gasteiger partial charge in [0.05, 0.1) is 16.8 Å². The number of imide groups is 1. The maximum Gasteiger partial charge on any atom is 0.233 e. The molecule has 0 spiro atoms. The van der Waals surface area contributed by atoms with Gasteiger partial charge in [0.1, 0.15) is 0 Å². The summed E-state index contributed by atoms with van der Waals surface area (Å²) < 4.78 is 0. The van der Waals surface area contributed by atoms with E-state index in [0.717, 1.165) is 6.42 Å². The summed E-state index contributed by atoms with van der Waals surface area (Å²) in [5.74, 6) is -0.102. The van der Waals surface area contributed by atoms with Gasteiger partial charge < -0.3 is 5.73 Å². The summed E-state index contributed by atoms with van der Waals surface area (Å²) in [6, 6.07) is 0. The first-order valence-corrected chi connectivity index (χ1v) is 4.65. The minimum atomic E-state index is -0.0359. The Balaban J connectivity index is 1.96. The zero-order valence-corrected chi connectivity index (χ0v) is 7.84. The van der Waals surface area contributed by atoms with Gasteiger partial charge in [-0.05, 0) is 6.42 Å². The molecule has 4 nitrogen and oxygen atoms in total. The van der Waals surface area contributed by atoms with E-state index in [-0.39, 0.29) is 23.7 Å². The molecule has 1 saturated carbocycles. The van der Waals surface area contributed by atoms with Crippen LogP contribution in [0.25, 0.3) is 0 Å². The second-order valence-corrected chi connectivity index (χ2v) is 4.02. The van der Waals surface area contributed by atoms with Crippen molar-refractivity contribution in [2.75, 3.05) is 6.54 Å². The molecule has 2 aliphatic rings. The molecule has 70 valence electrons. The molecule has 0 aromatic heterocycles. The first kappa shape index (κ1) is 8.62. The third-order valence-electron chi connectivity index (χ3n) is 2.54. The largest absolute Gasteiger partial charge is 0.393 e. The fourth-order valence-electron chi connectivity index (χ4n) is 1.69. The van der Waals surface area contributed by atoms with Gasteiger partial charge in [0, 0.05) is 13.0 Å². The second kappa shape index (κ2) is 2.77. The Morgan fingerprint density at radius 1 is 1.46 bits per heavy atom. The molecule has 5 heteroatoms. The number of likely N-dealkylation sites (tertiary alicyclic amines) is 1. The molecule has 2 N–H and O–H groups in total. The summed E-state index contributed by atoms with van der Waals surface area (Å²) in [6.07, 6.45) is 1.19. The summed E-state index contributed by atoms with van der Waals surface area (Å²) in [4.78, 5) is 24.4. The number of carbonyl (C=O) groups is 2. The van der Waals surface area contributed by atoms with Crippen molar-refractivity contribution in [3.05, 3.63) is 0 Å². The van der Waals surface area contributed by atoms with Crippen molar-refractivity contribution in [2.45, 2.75) is 12.8 Å². The molecule has 1 aliphatic heterocycles. The Morgan fingerprint density at radius 2 is 2.00 bits per heavy atom. The molecule has 13 heavy (non-hydrogen) atoms. The van der Waals surface area contributed by atoms with E-state index in [1.54, 1.807) is 0 Å². The van der Waals surface area contributed by atoms with Gasteiger partial charge in [-0.3, -0.25) is 14.5 Å². The van der Waals surface area contributed by atoms with Crippen LogP contribution in [-0.2, 0) is 9.59 Å². The van der Waals surface area contributed by atoms with Gasteiger partial charge in [0.2, 0.25) is 11.8 Å². The van der Waals surface area contributed by atoms with Gasteiger partial charge in [0.15, 0.2) is 0 Å². The predicted molar refractivity (Wildman–Crippen MR) is 49.7 cm³/mol. The number of thiocarbonyl (C=S) groups is 1. The first-order valence-electron chi connectivity index (χ1n) is 4.25. The zero-order chi connectivity index (χ0) is 9.59. The number of fused-ring (bicyclic) bond motifs is 1. The molecule has 2 atom stereocenters. The molecule has 1 heterocycles. The standard InChI is InChI=1S/C8H10N2O2S/c9-6(13)1-2-10-7(11)4-3-5(4)8(10)12/h4-5H,1-3H2,(H2,9,13). The summed E-state index contributed by atoms with van der Waals surface area (Å²) in [6.45, 7) is 0.361. The zero-order valence-electron chi connectivity index (χ0n) is 7.03. The quantitative estimate of drug-likeness (QED) is 0.498. The molecule has 0 aromatic rings. The van der Waals surface area contributed by atoms with E-state index in [0.29, 0.717) is 18.0 Å². The van der Waals surface area contributed by atoms with Crippen LogP contribution in [0.4, 0.5) is 0 Å². The average molecular weight is 198 g/mol. The van der Waals surface area contributed by atoms with Crippen molar-refractivity contribution < 1.29 is 9.59 Å². The van der Waals surface area contributed by atoms with Crippen LogP contribution in [0, 0.1) is 11.8 Å². The van der Waals surface area contributed by atoms with Gasteiger partial charge in [-0.1, -0.05) is 12.2 Å². The van der Waals surface area contributed by atoms with Gasteiger partial charge in [0.25, 0.3) is 0 Å². The highest BCUT2D eigenvalue weighted by atomic mass is 32.1. The summed E-state index contributed by atoms with van der Waals surface area (Å²) in [5, 5.41) is 0. The maximum atomic E-state index is 11.4. The molecule has 1 saturated heterocycles. The molecule has 2 rings (SSSR count). The van der Waals surface area contributed by atoms with E-state index in [1.165, 1.54) is 4.90 Å². The lowest BCUT2D eigenvalue weighted by molar-refractivity contribution is -0.141. The van der Waals surface area contributed by atoms with E-state index in [2.05, 4.69) is 12.2 Å². The van der Waals surface area contributed by atoms with Crippen LogP contribution < -0.4 is 5.73 Å². The highest BCUT2D eigenvalue weighted by molar-refractivity contribution is 7.80. The highest BCUT2D eigenvalue weighted by Gasteiger charge is 2.58. The Hall–Kier alpha value is -0.970. The summed E-state index contributed by atoms with van der Waals surface area (Å²) in [5.41, 5.74) is 5.29. The molecule has 0 aromatic carbocycles. The lowest BCUT2D eigenvalue weighted by atomic mass is 10.3. The minimum absolute atomic E-state index is 0.0150. The molecule has 2 unspecified atom stereocenters. The monoisotopic (exact) mass is 198 g/mol. The van der Waals surface area contributed by atoms with E-state index in [1.807, 2.05) is 0 Å². The highest BCUT2D eigenvalue weighted by Crippen LogP contribution is 2.46. The van der Waals surface area contributed by atoms with Crippen LogP contribution in [0.2, 0.25) is 0 Å². The van der Waals surface area contributed by atoms with Crippen LogP contribution >= 0.6 is 12.2 Å². The number of amides is 2. The van der Waals surface area contributed by atoms with E-state index < -0.39 is 0 Å². The number of carbonyl (C=O) groups excluding carboxylic acids is 2. The Bertz CT molecular complexity index is 283. The summed E-state index contributed by atoms with van der Waals surface area (Å²) in [7, 11) is 0. The van der Waals surface area contributed by atoms with Crippen LogP contribution in [0.5, 0.6) is 0 Å². The van der Waals surface area contributed by atoms with Crippen molar-refractivity contribution in [2.24, 2.45) is 17.6 Å². The number of hydrogen-bond acceptors (Lipinski definition) is 3. The van der Waals surface area contributed by atoms with E-state index in [4.69, 9.17) is 5.73 Å². The average Bonchev–Trinajstić information content (AvgIpc) is 2.77. The minimum Gasteiger partial charge on any atom is -0.393 e. The molecule has 0 radical (unpaired) electrons. The third-order valence-corrected chi connectivity index (χ3v) is 2.74. The number of piperidine rings is 1. The topological polar surface area (TPSA) is 63.4 Å². The number of nitrogens with zero attached hydrogens (tertiary/aromatic N) is 1.